The van der Waals surface area contributed by atoms with Gasteiger partial charge in [-0.05, 0) is 73.2 Å². The SMILES string of the molecule is CCCOc1ccc(C(=O)Oc2ccc(Br)cc2/C=N/NC(=O)COc2ccc(Cl)cc2)cc1. The highest BCUT2D eigenvalue weighted by Gasteiger charge is 2.12. The van der Waals surface area contributed by atoms with Gasteiger partial charge in [0.05, 0.1) is 18.4 Å². The van der Waals surface area contributed by atoms with Crippen molar-refractivity contribution in [2.75, 3.05) is 13.2 Å². The second kappa shape index (κ2) is 12.8. The van der Waals surface area contributed by atoms with Gasteiger partial charge in [0.2, 0.25) is 0 Å². The normalized spacial score (nSPS) is 10.7. The summed E-state index contributed by atoms with van der Waals surface area (Å²) in [4.78, 5) is 24.6. The molecule has 34 heavy (non-hydrogen) atoms. The standard InChI is InChI=1S/C25H22BrClN2O5/c1-2-13-32-21-8-3-17(4-9-21)25(31)34-23-12-5-19(26)14-18(23)15-28-29-24(30)16-33-22-10-6-20(27)7-11-22/h3-12,14-15H,2,13,16H2,1H3,(H,29,30)/b28-15+. The summed E-state index contributed by atoms with van der Waals surface area (Å²) in [6.07, 6.45) is 2.28. The van der Waals surface area contributed by atoms with E-state index >= 15 is 0 Å². The molecule has 0 aromatic heterocycles. The van der Waals surface area contributed by atoms with Gasteiger partial charge >= 0.3 is 5.97 Å². The summed E-state index contributed by atoms with van der Waals surface area (Å²) in [6, 6.07) is 18.4. The van der Waals surface area contributed by atoms with Crippen molar-refractivity contribution in [3.63, 3.8) is 0 Å². The van der Waals surface area contributed by atoms with E-state index < -0.39 is 11.9 Å². The van der Waals surface area contributed by atoms with Crippen LogP contribution in [0.1, 0.15) is 29.3 Å². The van der Waals surface area contributed by atoms with E-state index in [4.69, 9.17) is 25.8 Å². The first-order valence-corrected chi connectivity index (χ1v) is 11.6. The monoisotopic (exact) mass is 544 g/mol. The Labute approximate surface area is 210 Å². The van der Waals surface area contributed by atoms with E-state index in [0.29, 0.717) is 34.3 Å². The zero-order valence-electron chi connectivity index (χ0n) is 18.3. The summed E-state index contributed by atoms with van der Waals surface area (Å²) >= 11 is 9.20. The Bertz CT molecular complexity index is 1150. The van der Waals surface area contributed by atoms with E-state index in [1.54, 1.807) is 66.7 Å². The fourth-order valence-corrected chi connectivity index (χ4v) is 3.17. The summed E-state index contributed by atoms with van der Waals surface area (Å²) < 4.78 is 17.2. The number of hydrogen-bond donors (Lipinski definition) is 1. The maximum absolute atomic E-state index is 12.6. The molecule has 3 aromatic rings. The van der Waals surface area contributed by atoms with Crippen molar-refractivity contribution in [1.29, 1.82) is 0 Å². The number of hydrazone groups is 1. The Morgan fingerprint density at radius 1 is 1.00 bits per heavy atom. The Morgan fingerprint density at radius 2 is 1.68 bits per heavy atom. The maximum Gasteiger partial charge on any atom is 0.343 e. The zero-order valence-corrected chi connectivity index (χ0v) is 20.6. The van der Waals surface area contributed by atoms with Crippen LogP contribution in [0.3, 0.4) is 0 Å². The number of ether oxygens (including phenoxy) is 3. The molecule has 9 heteroatoms. The molecule has 0 saturated heterocycles. The number of halogens is 2. The largest absolute Gasteiger partial charge is 0.494 e. The number of benzene rings is 3. The molecule has 0 unspecified atom stereocenters. The van der Waals surface area contributed by atoms with Crippen molar-refractivity contribution in [3.05, 3.63) is 87.4 Å². The van der Waals surface area contributed by atoms with Gasteiger partial charge in [-0.3, -0.25) is 4.79 Å². The van der Waals surface area contributed by atoms with Crippen molar-refractivity contribution >= 4 is 45.6 Å². The lowest BCUT2D eigenvalue weighted by Gasteiger charge is -2.09. The third-order valence-corrected chi connectivity index (χ3v) is 5.06. The van der Waals surface area contributed by atoms with Gasteiger partial charge in [0.1, 0.15) is 17.2 Å². The van der Waals surface area contributed by atoms with E-state index in [-0.39, 0.29) is 12.4 Å². The fraction of sp³-hybridized carbons (Fsp3) is 0.160. The van der Waals surface area contributed by atoms with E-state index in [0.717, 1.165) is 10.9 Å². The highest BCUT2D eigenvalue weighted by Crippen LogP contribution is 2.23. The lowest BCUT2D eigenvalue weighted by Crippen LogP contribution is -2.24. The number of nitrogens with zero attached hydrogens (tertiary/aromatic N) is 1. The molecule has 0 fully saturated rings. The smallest absolute Gasteiger partial charge is 0.343 e. The number of carbonyl (C=O) groups is 2. The second-order valence-electron chi connectivity index (χ2n) is 6.98. The Hall–Kier alpha value is -3.36. The number of carbonyl (C=O) groups excluding carboxylic acids is 2. The molecule has 176 valence electrons. The molecule has 0 heterocycles. The van der Waals surface area contributed by atoms with Crippen LogP contribution in [-0.4, -0.2) is 31.3 Å². The third kappa shape index (κ3) is 7.90. The first kappa shape index (κ1) is 25.3. The van der Waals surface area contributed by atoms with Crippen LogP contribution in [0.5, 0.6) is 17.2 Å². The van der Waals surface area contributed by atoms with Crippen molar-refractivity contribution in [2.24, 2.45) is 5.10 Å². The van der Waals surface area contributed by atoms with Crippen molar-refractivity contribution in [1.82, 2.24) is 5.43 Å². The predicted molar refractivity (Wildman–Crippen MR) is 134 cm³/mol. The lowest BCUT2D eigenvalue weighted by atomic mass is 10.2. The van der Waals surface area contributed by atoms with Crippen LogP contribution in [0.4, 0.5) is 0 Å². The molecule has 0 aliphatic carbocycles. The average Bonchev–Trinajstić information content (AvgIpc) is 2.84. The van der Waals surface area contributed by atoms with Crippen LogP contribution >= 0.6 is 27.5 Å². The molecule has 1 N–H and O–H groups in total. The zero-order chi connectivity index (χ0) is 24.3. The Kier molecular flexibility index (Phi) is 9.49. The van der Waals surface area contributed by atoms with Gasteiger partial charge in [-0.25, -0.2) is 10.2 Å². The van der Waals surface area contributed by atoms with Crippen molar-refractivity contribution < 1.29 is 23.8 Å². The number of amides is 1. The molecule has 0 bridgehead atoms. The molecule has 7 nitrogen and oxygen atoms in total. The first-order chi connectivity index (χ1) is 16.4. The van der Waals surface area contributed by atoms with Gasteiger partial charge in [-0.15, -0.1) is 0 Å². The highest BCUT2D eigenvalue weighted by molar-refractivity contribution is 9.10. The summed E-state index contributed by atoms with van der Waals surface area (Å²) in [6.45, 7) is 2.40. The van der Waals surface area contributed by atoms with Crippen LogP contribution in [0.15, 0.2) is 76.3 Å². The van der Waals surface area contributed by atoms with E-state index in [9.17, 15) is 9.59 Å². The number of hydrogen-bond acceptors (Lipinski definition) is 6. The van der Waals surface area contributed by atoms with E-state index in [2.05, 4.69) is 26.5 Å². The average molecular weight is 546 g/mol. The summed E-state index contributed by atoms with van der Waals surface area (Å²) in [5, 5.41) is 4.51. The lowest BCUT2D eigenvalue weighted by molar-refractivity contribution is -0.123. The highest BCUT2D eigenvalue weighted by atomic mass is 79.9. The minimum Gasteiger partial charge on any atom is -0.494 e. The molecule has 0 spiro atoms. The van der Waals surface area contributed by atoms with Crippen molar-refractivity contribution in [3.8, 4) is 17.2 Å². The van der Waals surface area contributed by atoms with Crippen LogP contribution in [-0.2, 0) is 4.79 Å². The third-order valence-electron chi connectivity index (χ3n) is 4.31. The molecule has 0 atom stereocenters. The molecular weight excluding hydrogens is 524 g/mol. The molecular formula is C25H22BrClN2O5. The molecule has 1 amide bonds. The molecule has 3 rings (SSSR count). The Balaban J connectivity index is 1.59. The summed E-state index contributed by atoms with van der Waals surface area (Å²) in [5.74, 6) is 0.500. The van der Waals surface area contributed by atoms with Crippen LogP contribution < -0.4 is 19.6 Å². The van der Waals surface area contributed by atoms with Crippen LogP contribution in [0.2, 0.25) is 5.02 Å². The first-order valence-electron chi connectivity index (χ1n) is 10.4. The fourth-order valence-electron chi connectivity index (χ4n) is 2.66. The molecule has 3 aromatic carbocycles. The number of esters is 1. The quantitative estimate of drug-likeness (QED) is 0.154. The maximum atomic E-state index is 12.6. The van der Waals surface area contributed by atoms with E-state index in [1.165, 1.54) is 6.21 Å². The van der Waals surface area contributed by atoms with Gasteiger partial charge in [0, 0.05) is 15.1 Å². The predicted octanol–water partition coefficient (Wildman–Crippen LogP) is 5.64. The summed E-state index contributed by atoms with van der Waals surface area (Å²) in [5.41, 5.74) is 3.24. The van der Waals surface area contributed by atoms with Gasteiger partial charge < -0.3 is 14.2 Å². The second-order valence-corrected chi connectivity index (χ2v) is 8.33. The minimum absolute atomic E-state index is 0.225. The van der Waals surface area contributed by atoms with Crippen molar-refractivity contribution in [2.45, 2.75) is 13.3 Å². The van der Waals surface area contributed by atoms with Gasteiger partial charge in [-0.1, -0.05) is 34.5 Å². The number of nitrogens with one attached hydrogen (secondary N) is 1. The molecule has 0 aliphatic rings. The molecule has 0 aliphatic heterocycles. The van der Waals surface area contributed by atoms with E-state index in [1.807, 2.05) is 6.92 Å². The topological polar surface area (TPSA) is 86.2 Å². The van der Waals surface area contributed by atoms with Gasteiger partial charge in [-0.2, -0.15) is 5.10 Å². The molecule has 0 saturated carbocycles. The molecule has 0 radical (unpaired) electrons. The minimum atomic E-state index is -0.528. The number of rotatable bonds is 10. The van der Waals surface area contributed by atoms with Crippen LogP contribution in [0, 0.1) is 0 Å². The van der Waals surface area contributed by atoms with Crippen LogP contribution in [0.25, 0.3) is 0 Å². The van der Waals surface area contributed by atoms with Gasteiger partial charge in [0.25, 0.3) is 5.91 Å². The van der Waals surface area contributed by atoms with Gasteiger partial charge in [0.15, 0.2) is 6.61 Å². The summed E-state index contributed by atoms with van der Waals surface area (Å²) in [7, 11) is 0. The Morgan fingerprint density at radius 3 is 2.38 bits per heavy atom.